The highest BCUT2D eigenvalue weighted by Crippen LogP contribution is 2.24. The number of carbonyl (C=O) groups excluding carboxylic acids is 1. The Labute approximate surface area is 146 Å². The maximum Gasteiger partial charge on any atom is 0.267 e. The van der Waals surface area contributed by atoms with E-state index in [4.69, 9.17) is 15.7 Å². The zero-order valence-corrected chi connectivity index (χ0v) is 14.2. The fraction of sp³-hybridized carbons (Fsp3) is 0.389. The summed E-state index contributed by atoms with van der Waals surface area (Å²) in [5.41, 5.74) is 6.92. The number of nitrogens with two attached hydrogens (primary N) is 1. The summed E-state index contributed by atoms with van der Waals surface area (Å²) in [5.74, 6) is 1.10. The first-order chi connectivity index (χ1) is 12.1. The standard InChI is InChI=1S/C18H21N5O2/c1-25-15-4-2-14(3-5-15)12-23-16(17(20)24)11-21-18(23)22-8-6-13(10-19)7-9-22/h2-5,11,13H,6-9,12H2,1H3,(H2,20,24). The second-order valence-corrected chi connectivity index (χ2v) is 6.13. The summed E-state index contributed by atoms with van der Waals surface area (Å²) in [6.07, 6.45) is 3.13. The highest BCUT2D eigenvalue weighted by atomic mass is 16.5. The number of ether oxygens (including phenoxy) is 1. The molecule has 1 fully saturated rings. The van der Waals surface area contributed by atoms with Gasteiger partial charge < -0.3 is 19.9 Å². The van der Waals surface area contributed by atoms with Gasteiger partial charge in [0.2, 0.25) is 5.95 Å². The number of hydrogen-bond acceptors (Lipinski definition) is 5. The first kappa shape index (κ1) is 16.8. The van der Waals surface area contributed by atoms with Crippen molar-refractivity contribution >= 4 is 11.9 Å². The van der Waals surface area contributed by atoms with Crippen LogP contribution in [-0.4, -0.2) is 35.7 Å². The van der Waals surface area contributed by atoms with Gasteiger partial charge in [-0.2, -0.15) is 5.26 Å². The highest BCUT2D eigenvalue weighted by Gasteiger charge is 2.24. The maximum absolute atomic E-state index is 11.8. The van der Waals surface area contributed by atoms with Gasteiger partial charge in [-0.05, 0) is 30.5 Å². The molecule has 1 aliphatic rings. The molecule has 2 aromatic rings. The number of nitriles is 1. The number of imidazole rings is 1. The summed E-state index contributed by atoms with van der Waals surface area (Å²) in [6.45, 7) is 1.99. The molecule has 0 aliphatic carbocycles. The molecule has 0 bridgehead atoms. The second kappa shape index (κ2) is 7.26. The Kier molecular flexibility index (Phi) is 4.89. The number of benzene rings is 1. The first-order valence-corrected chi connectivity index (χ1v) is 8.25. The van der Waals surface area contributed by atoms with Gasteiger partial charge in [0.15, 0.2) is 0 Å². The molecule has 1 amide bonds. The lowest BCUT2D eigenvalue weighted by Gasteiger charge is -2.30. The van der Waals surface area contributed by atoms with Gasteiger partial charge >= 0.3 is 0 Å². The van der Waals surface area contributed by atoms with Crippen molar-refractivity contribution in [3.05, 3.63) is 41.7 Å². The Hall–Kier alpha value is -3.01. The van der Waals surface area contributed by atoms with Gasteiger partial charge in [-0.15, -0.1) is 0 Å². The predicted molar refractivity (Wildman–Crippen MR) is 93.4 cm³/mol. The Morgan fingerprint density at radius 1 is 1.36 bits per heavy atom. The van der Waals surface area contributed by atoms with Crippen LogP contribution in [0.3, 0.4) is 0 Å². The van der Waals surface area contributed by atoms with Gasteiger partial charge in [0.05, 0.1) is 25.9 Å². The van der Waals surface area contributed by atoms with Gasteiger partial charge in [-0.1, -0.05) is 12.1 Å². The van der Waals surface area contributed by atoms with E-state index in [0.29, 0.717) is 12.2 Å². The zero-order chi connectivity index (χ0) is 17.8. The fourth-order valence-electron chi connectivity index (χ4n) is 3.09. The van der Waals surface area contributed by atoms with E-state index in [9.17, 15) is 4.79 Å². The second-order valence-electron chi connectivity index (χ2n) is 6.13. The minimum Gasteiger partial charge on any atom is -0.497 e. The van der Waals surface area contributed by atoms with Gasteiger partial charge in [0.25, 0.3) is 5.91 Å². The Morgan fingerprint density at radius 3 is 2.60 bits per heavy atom. The van der Waals surface area contributed by atoms with Crippen molar-refractivity contribution in [3.63, 3.8) is 0 Å². The Balaban J connectivity index is 1.87. The third-order valence-electron chi connectivity index (χ3n) is 4.55. The molecule has 1 aliphatic heterocycles. The summed E-state index contributed by atoms with van der Waals surface area (Å²) >= 11 is 0. The van der Waals surface area contributed by atoms with Gasteiger partial charge in [-0.3, -0.25) is 4.79 Å². The molecule has 1 saturated heterocycles. The number of piperidine rings is 1. The average Bonchev–Trinajstić information content (AvgIpc) is 3.06. The van der Waals surface area contributed by atoms with E-state index in [1.54, 1.807) is 7.11 Å². The van der Waals surface area contributed by atoms with E-state index >= 15 is 0 Å². The average molecular weight is 339 g/mol. The van der Waals surface area contributed by atoms with Crippen LogP contribution in [0.15, 0.2) is 30.5 Å². The fourth-order valence-corrected chi connectivity index (χ4v) is 3.09. The van der Waals surface area contributed by atoms with Crippen molar-refractivity contribution in [2.45, 2.75) is 19.4 Å². The van der Waals surface area contributed by atoms with E-state index in [2.05, 4.69) is 16.0 Å². The van der Waals surface area contributed by atoms with Crippen molar-refractivity contribution in [1.29, 1.82) is 5.26 Å². The van der Waals surface area contributed by atoms with Crippen LogP contribution >= 0.6 is 0 Å². The third kappa shape index (κ3) is 3.58. The van der Waals surface area contributed by atoms with Gasteiger partial charge in [-0.25, -0.2) is 4.98 Å². The summed E-state index contributed by atoms with van der Waals surface area (Å²) in [5, 5.41) is 9.06. The smallest absolute Gasteiger partial charge is 0.267 e. The first-order valence-electron chi connectivity index (χ1n) is 8.25. The molecule has 7 heteroatoms. The number of carbonyl (C=O) groups is 1. The van der Waals surface area contributed by atoms with E-state index in [1.165, 1.54) is 6.20 Å². The van der Waals surface area contributed by atoms with Crippen LogP contribution < -0.4 is 15.4 Å². The lowest BCUT2D eigenvalue weighted by Crippen LogP contribution is -2.35. The number of amides is 1. The number of anilines is 1. The molecular formula is C18H21N5O2. The van der Waals surface area contributed by atoms with E-state index < -0.39 is 5.91 Å². The van der Waals surface area contributed by atoms with Crippen molar-refractivity contribution in [2.24, 2.45) is 11.7 Å². The predicted octanol–water partition coefficient (Wildman–Crippen LogP) is 1.78. The van der Waals surface area contributed by atoms with E-state index in [0.717, 1.165) is 43.2 Å². The number of primary amides is 1. The van der Waals surface area contributed by atoms with Crippen molar-refractivity contribution in [1.82, 2.24) is 9.55 Å². The molecule has 0 unspecified atom stereocenters. The number of nitrogens with zero attached hydrogens (tertiary/aromatic N) is 4. The molecule has 7 nitrogen and oxygen atoms in total. The third-order valence-corrected chi connectivity index (χ3v) is 4.55. The SMILES string of the molecule is COc1ccc(Cn2c(C(N)=O)cnc2N2CCC(C#N)CC2)cc1. The molecule has 2 heterocycles. The summed E-state index contributed by atoms with van der Waals surface area (Å²) < 4.78 is 7.02. The zero-order valence-electron chi connectivity index (χ0n) is 14.2. The van der Waals surface area contributed by atoms with Crippen molar-refractivity contribution < 1.29 is 9.53 Å². The summed E-state index contributed by atoms with van der Waals surface area (Å²) in [7, 11) is 1.62. The van der Waals surface area contributed by atoms with Crippen LogP contribution in [0.1, 0.15) is 28.9 Å². The summed E-state index contributed by atoms with van der Waals surface area (Å²) in [4.78, 5) is 18.3. The lowest BCUT2D eigenvalue weighted by atomic mass is 9.99. The molecule has 0 atom stereocenters. The topological polar surface area (TPSA) is 97.2 Å². The number of aromatic nitrogens is 2. The monoisotopic (exact) mass is 339 g/mol. The van der Waals surface area contributed by atoms with Crippen molar-refractivity contribution in [2.75, 3.05) is 25.1 Å². The molecule has 1 aromatic heterocycles. The molecule has 1 aromatic carbocycles. The van der Waals surface area contributed by atoms with Crippen LogP contribution in [-0.2, 0) is 6.54 Å². The van der Waals surface area contributed by atoms with Crippen LogP contribution in [0.2, 0.25) is 0 Å². The minimum absolute atomic E-state index is 0.0943. The normalized spacial score (nSPS) is 15.0. The Bertz CT molecular complexity index is 783. The van der Waals surface area contributed by atoms with E-state index in [1.807, 2.05) is 28.8 Å². The van der Waals surface area contributed by atoms with Crippen LogP contribution in [0.25, 0.3) is 0 Å². The number of rotatable bonds is 5. The molecular weight excluding hydrogens is 318 g/mol. The molecule has 3 rings (SSSR count). The lowest BCUT2D eigenvalue weighted by molar-refractivity contribution is 0.0992. The van der Waals surface area contributed by atoms with Gasteiger partial charge in [0, 0.05) is 19.0 Å². The number of methoxy groups -OCH3 is 1. The van der Waals surface area contributed by atoms with Crippen LogP contribution in [0, 0.1) is 17.2 Å². The summed E-state index contributed by atoms with van der Waals surface area (Å²) in [6, 6.07) is 10.00. The van der Waals surface area contributed by atoms with Crippen LogP contribution in [0.5, 0.6) is 5.75 Å². The largest absolute Gasteiger partial charge is 0.497 e. The molecule has 0 spiro atoms. The maximum atomic E-state index is 11.8. The Morgan fingerprint density at radius 2 is 2.04 bits per heavy atom. The van der Waals surface area contributed by atoms with Crippen molar-refractivity contribution in [3.8, 4) is 11.8 Å². The molecule has 2 N–H and O–H groups in total. The molecule has 130 valence electrons. The van der Waals surface area contributed by atoms with E-state index in [-0.39, 0.29) is 5.92 Å². The molecule has 0 radical (unpaired) electrons. The molecule has 25 heavy (non-hydrogen) atoms. The van der Waals surface area contributed by atoms with Gasteiger partial charge in [0.1, 0.15) is 11.4 Å². The minimum atomic E-state index is -0.501. The number of hydrogen-bond donors (Lipinski definition) is 1. The quantitative estimate of drug-likeness (QED) is 0.895. The molecule has 0 saturated carbocycles. The highest BCUT2D eigenvalue weighted by molar-refractivity contribution is 5.91. The van der Waals surface area contributed by atoms with Crippen LogP contribution in [0.4, 0.5) is 5.95 Å².